The lowest BCUT2D eigenvalue weighted by Gasteiger charge is -2.31. The van der Waals surface area contributed by atoms with Gasteiger partial charge < -0.3 is 19.3 Å². The number of rotatable bonds is 6. The molecule has 0 bridgehead atoms. The van der Waals surface area contributed by atoms with Crippen LogP contribution in [0.2, 0.25) is 0 Å². The number of phenolic OH excluding ortho intramolecular Hbond substituents is 1. The van der Waals surface area contributed by atoms with Crippen molar-refractivity contribution in [1.82, 2.24) is 4.90 Å². The lowest BCUT2D eigenvalue weighted by atomic mass is 9.69. The minimum absolute atomic E-state index is 0.167. The first kappa shape index (κ1) is 23.2. The molecule has 2 aliphatic heterocycles. The van der Waals surface area contributed by atoms with E-state index in [0.29, 0.717) is 24.5 Å². The summed E-state index contributed by atoms with van der Waals surface area (Å²) in [5, 5.41) is 9.45. The highest BCUT2D eigenvalue weighted by Crippen LogP contribution is 2.50. The minimum atomic E-state index is -0.931. The van der Waals surface area contributed by atoms with Crippen LogP contribution in [-0.2, 0) is 23.8 Å². The zero-order chi connectivity index (χ0) is 23.7. The quantitative estimate of drug-likeness (QED) is 0.519. The SMILES string of the molecule is COCC1=C2[C@@H](CC/C(C)=C/c3ccc(O)cc3)OC[C@@H]2[C@@H]2C(=O)N(C(=O)OC)C(=O)[C@@H]2C1. The molecule has 4 atom stereocenters. The zero-order valence-corrected chi connectivity index (χ0v) is 19.1. The molecule has 176 valence electrons. The third-order valence-corrected chi connectivity index (χ3v) is 6.79. The molecule has 3 amide bonds. The highest BCUT2D eigenvalue weighted by Gasteiger charge is 2.58. The van der Waals surface area contributed by atoms with Crippen LogP contribution >= 0.6 is 0 Å². The summed E-state index contributed by atoms with van der Waals surface area (Å²) in [6.45, 7) is 2.74. The molecule has 0 spiro atoms. The molecule has 1 N–H and O–H groups in total. The largest absolute Gasteiger partial charge is 0.508 e. The number of phenols is 1. The number of carbonyl (C=O) groups excluding carboxylic acids is 3. The van der Waals surface area contributed by atoms with E-state index in [2.05, 4.69) is 10.8 Å². The fourth-order valence-electron chi connectivity index (χ4n) is 5.34. The third kappa shape index (κ3) is 4.32. The predicted octanol–water partition coefficient (Wildman–Crippen LogP) is 3.31. The number of ether oxygens (including phenoxy) is 3. The number of benzene rings is 1. The molecule has 3 aliphatic rings. The summed E-state index contributed by atoms with van der Waals surface area (Å²) in [6.07, 6.45) is 2.88. The molecule has 4 rings (SSSR count). The second-order valence-corrected chi connectivity index (χ2v) is 8.86. The van der Waals surface area contributed by atoms with Gasteiger partial charge in [-0.25, -0.2) is 4.79 Å². The smallest absolute Gasteiger partial charge is 0.423 e. The highest BCUT2D eigenvalue weighted by molar-refractivity contribution is 6.16. The summed E-state index contributed by atoms with van der Waals surface area (Å²) in [7, 11) is 2.76. The number of hydrogen-bond acceptors (Lipinski definition) is 7. The van der Waals surface area contributed by atoms with Gasteiger partial charge in [-0.2, -0.15) is 4.90 Å². The number of aromatic hydroxyl groups is 1. The fraction of sp³-hybridized carbons (Fsp3) is 0.480. The predicted molar refractivity (Wildman–Crippen MR) is 119 cm³/mol. The maximum Gasteiger partial charge on any atom is 0.423 e. The van der Waals surface area contributed by atoms with E-state index in [4.69, 9.17) is 9.47 Å². The Kier molecular flexibility index (Phi) is 6.67. The van der Waals surface area contributed by atoms with Crippen molar-refractivity contribution in [3.05, 3.63) is 46.5 Å². The number of likely N-dealkylation sites (tertiary alicyclic amines) is 1. The fourth-order valence-corrected chi connectivity index (χ4v) is 5.34. The van der Waals surface area contributed by atoms with Gasteiger partial charge in [-0.1, -0.05) is 23.8 Å². The molecule has 2 saturated heterocycles. The van der Waals surface area contributed by atoms with Crippen LogP contribution in [-0.4, -0.2) is 61.5 Å². The van der Waals surface area contributed by atoms with Crippen LogP contribution in [0.1, 0.15) is 31.7 Å². The van der Waals surface area contributed by atoms with E-state index in [1.807, 2.05) is 19.1 Å². The van der Waals surface area contributed by atoms with Gasteiger partial charge in [0, 0.05) is 13.0 Å². The standard InChI is InChI=1S/C25H29NO7/c1-14(10-15-5-7-17(27)8-6-15)4-9-20-21-16(12-31-2)11-18-22(19(21)13-33-20)24(29)26(23(18)28)25(30)32-3/h5-8,10,18-20,22,27H,4,9,11-13H2,1-3H3/b14-10+/t18-,19+,20-,22-/m1/s1. The molecule has 1 aromatic carbocycles. The van der Waals surface area contributed by atoms with E-state index < -0.39 is 29.7 Å². The van der Waals surface area contributed by atoms with Crippen LogP contribution in [0.3, 0.4) is 0 Å². The number of fused-ring (bicyclic) bond motifs is 3. The Morgan fingerprint density at radius 2 is 1.91 bits per heavy atom. The zero-order valence-electron chi connectivity index (χ0n) is 19.1. The number of amides is 3. The molecule has 2 heterocycles. The van der Waals surface area contributed by atoms with E-state index in [1.165, 1.54) is 5.57 Å². The Hall–Kier alpha value is -2.97. The maximum absolute atomic E-state index is 13.0. The van der Waals surface area contributed by atoms with Gasteiger partial charge in [0.2, 0.25) is 11.8 Å². The van der Waals surface area contributed by atoms with Crippen LogP contribution in [0, 0.1) is 17.8 Å². The van der Waals surface area contributed by atoms with Gasteiger partial charge in [0.25, 0.3) is 0 Å². The summed E-state index contributed by atoms with van der Waals surface area (Å²) >= 11 is 0. The second-order valence-electron chi connectivity index (χ2n) is 8.86. The van der Waals surface area contributed by atoms with Crippen molar-refractivity contribution in [1.29, 1.82) is 0 Å². The van der Waals surface area contributed by atoms with Gasteiger partial charge >= 0.3 is 6.09 Å². The van der Waals surface area contributed by atoms with Gasteiger partial charge in [-0.15, -0.1) is 0 Å². The first-order valence-electron chi connectivity index (χ1n) is 11.1. The number of allylic oxidation sites excluding steroid dienone is 1. The summed E-state index contributed by atoms with van der Waals surface area (Å²) in [6, 6.07) is 7.03. The molecular formula is C25H29NO7. The molecule has 8 heteroatoms. The lowest BCUT2D eigenvalue weighted by molar-refractivity contribution is -0.137. The summed E-state index contributed by atoms with van der Waals surface area (Å²) in [5.41, 5.74) is 4.20. The van der Waals surface area contributed by atoms with E-state index in [0.717, 1.165) is 36.7 Å². The van der Waals surface area contributed by atoms with Crippen molar-refractivity contribution in [2.75, 3.05) is 27.4 Å². The van der Waals surface area contributed by atoms with Crippen LogP contribution in [0.5, 0.6) is 5.75 Å². The van der Waals surface area contributed by atoms with E-state index >= 15 is 0 Å². The number of carbonyl (C=O) groups is 3. The van der Waals surface area contributed by atoms with Gasteiger partial charge in [0.1, 0.15) is 5.75 Å². The summed E-state index contributed by atoms with van der Waals surface area (Å²) < 4.78 is 16.2. The number of nitrogens with zero attached hydrogens (tertiary/aromatic N) is 1. The van der Waals surface area contributed by atoms with E-state index in [-0.39, 0.29) is 17.8 Å². The number of hydrogen-bond donors (Lipinski definition) is 1. The van der Waals surface area contributed by atoms with Crippen molar-refractivity contribution >= 4 is 24.0 Å². The highest BCUT2D eigenvalue weighted by atomic mass is 16.5. The molecule has 1 aromatic rings. The lowest BCUT2D eigenvalue weighted by Crippen LogP contribution is -2.38. The molecule has 33 heavy (non-hydrogen) atoms. The molecule has 2 fully saturated rings. The Bertz CT molecular complexity index is 1010. The molecule has 0 aromatic heterocycles. The van der Waals surface area contributed by atoms with Crippen molar-refractivity contribution in [3.8, 4) is 5.75 Å². The van der Waals surface area contributed by atoms with Crippen molar-refractivity contribution < 1.29 is 33.7 Å². The Morgan fingerprint density at radius 3 is 2.58 bits per heavy atom. The topological polar surface area (TPSA) is 102 Å². The number of imide groups is 3. The molecule has 1 aliphatic carbocycles. The third-order valence-electron chi connectivity index (χ3n) is 6.79. The van der Waals surface area contributed by atoms with Crippen molar-refractivity contribution in [2.24, 2.45) is 17.8 Å². The first-order valence-corrected chi connectivity index (χ1v) is 11.1. The van der Waals surface area contributed by atoms with Crippen molar-refractivity contribution in [2.45, 2.75) is 32.3 Å². The minimum Gasteiger partial charge on any atom is -0.508 e. The molecule has 0 unspecified atom stereocenters. The Balaban J connectivity index is 1.54. The molecular weight excluding hydrogens is 426 g/mol. The van der Waals surface area contributed by atoms with Crippen LogP contribution in [0.15, 0.2) is 41.0 Å². The van der Waals surface area contributed by atoms with Crippen molar-refractivity contribution in [3.63, 3.8) is 0 Å². The average Bonchev–Trinajstić information content (AvgIpc) is 3.33. The van der Waals surface area contributed by atoms with Gasteiger partial charge in [-0.3, -0.25) is 9.59 Å². The van der Waals surface area contributed by atoms with Crippen LogP contribution in [0.25, 0.3) is 6.08 Å². The molecule has 0 saturated carbocycles. The Labute approximate surface area is 192 Å². The van der Waals surface area contributed by atoms with Crippen LogP contribution < -0.4 is 0 Å². The Morgan fingerprint density at radius 1 is 1.18 bits per heavy atom. The van der Waals surface area contributed by atoms with Gasteiger partial charge in [-0.05, 0) is 55.0 Å². The van der Waals surface area contributed by atoms with Crippen LogP contribution in [0.4, 0.5) is 4.79 Å². The second kappa shape index (κ2) is 9.49. The maximum atomic E-state index is 13.0. The molecule has 0 radical (unpaired) electrons. The normalized spacial score (nSPS) is 27.1. The molecule has 8 nitrogen and oxygen atoms in total. The van der Waals surface area contributed by atoms with E-state index in [1.54, 1.807) is 19.2 Å². The number of methoxy groups -OCH3 is 2. The van der Waals surface area contributed by atoms with Gasteiger partial charge in [0.05, 0.1) is 38.3 Å². The first-order chi connectivity index (χ1) is 15.8. The average molecular weight is 456 g/mol. The van der Waals surface area contributed by atoms with E-state index in [9.17, 15) is 19.5 Å². The monoisotopic (exact) mass is 455 g/mol. The van der Waals surface area contributed by atoms with Gasteiger partial charge in [0.15, 0.2) is 0 Å². The summed E-state index contributed by atoms with van der Waals surface area (Å²) in [5.74, 6) is -2.20. The summed E-state index contributed by atoms with van der Waals surface area (Å²) in [4.78, 5) is 38.6.